The third-order valence-electron chi connectivity index (χ3n) is 5.96. The molecule has 4 unspecified atom stereocenters. The number of aliphatic hydroxyl groups is 1. The summed E-state index contributed by atoms with van der Waals surface area (Å²) >= 11 is 0. The van der Waals surface area contributed by atoms with Gasteiger partial charge in [-0.3, -0.25) is 4.79 Å². The Morgan fingerprint density at radius 1 is 1.20 bits per heavy atom. The Balaban J connectivity index is 1.62. The molecule has 20 heavy (non-hydrogen) atoms. The Morgan fingerprint density at radius 2 is 1.95 bits per heavy atom. The van der Waals surface area contributed by atoms with Crippen LogP contribution in [0.25, 0.3) is 0 Å². The molecular formula is C15H22O5. The summed E-state index contributed by atoms with van der Waals surface area (Å²) in [6, 6.07) is 0. The van der Waals surface area contributed by atoms with Crippen LogP contribution in [0.3, 0.4) is 0 Å². The molecule has 1 N–H and O–H groups in total. The number of fused-ring (bicyclic) bond motifs is 3. The molecule has 0 bridgehead atoms. The lowest BCUT2D eigenvalue weighted by molar-refractivity contribution is -0.144. The predicted octanol–water partition coefficient (Wildman–Crippen LogP) is 1.02. The second kappa shape index (κ2) is 3.76. The summed E-state index contributed by atoms with van der Waals surface area (Å²) in [5.41, 5.74) is -0.730. The molecule has 4 aliphatic rings. The minimum atomic E-state index is -0.496. The summed E-state index contributed by atoms with van der Waals surface area (Å²) in [4.78, 5) is 11.9. The largest absolute Gasteiger partial charge is 0.462 e. The van der Waals surface area contributed by atoms with Crippen molar-refractivity contribution < 1.29 is 24.1 Å². The van der Waals surface area contributed by atoms with E-state index in [9.17, 15) is 9.90 Å². The summed E-state index contributed by atoms with van der Waals surface area (Å²) in [5, 5.41) is 10.4. The second-order valence-electron chi connectivity index (χ2n) is 7.33. The van der Waals surface area contributed by atoms with Crippen LogP contribution in [0.5, 0.6) is 0 Å². The molecular weight excluding hydrogens is 260 g/mol. The van der Waals surface area contributed by atoms with Gasteiger partial charge < -0.3 is 19.3 Å². The van der Waals surface area contributed by atoms with Crippen LogP contribution in [0.4, 0.5) is 0 Å². The molecule has 0 aromatic rings. The molecule has 0 aromatic heterocycles. The maximum absolute atomic E-state index is 11.9. The van der Waals surface area contributed by atoms with E-state index < -0.39 is 11.7 Å². The molecule has 1 saturated carbocycles. The van der Waals surface area contributed by atoms with E-state index in [-0.39, 0.29) is 41.7 Å². The van der Waals surface area contributed by atoms with Gasteiger partial charge in [0.05, 0.1) is 29.8 Å². The molecule has 8 atom stereocenters. The third kappa shape index (κ3) is 1.69. The van der Waals surface area contributed by atoms with Crippen LogP contribution in [0.15, 0.2) is 0 Å². The number of aliphatic hydroxyl groups excluding tert-OH is 1. The molecule has 3 heterocycles. The highest BCUT2D eigenvalue weighted by Crippen LogP contribution is 2.54. The Hall–Kier alpha value is -0.650. The van der Waals surface area contributed by atoms with Gasteiger partial charge in [-0.05, 0) is 20.3 Å². The Labute approximate surface area is 118 Å². The van der Waals surface area contributed by atoms with Crippen LogP contribution in [-0.2, 0) is 19.0 Å². The zero-order valence-corrected chi connectivity index (χ0v) is 12.2. The number of esters is 1. The van der Waals surface area contributed by atoms with Crippen molar-refractivity contribution >= 4 is 5.97 Å². The molecule has 112 valence electrons. The highest BCUT2D eigenvalue weighted by atomic mass is 16.6. The normalized spacial score (nSPS) is 60.9. The van der Waals surface area contributed by atoms with Crippen LogP contribution in [0.1, 0.15) is 40.0 Å². The summed E-state index contributed by atoms with van der Waals surface area (Å²) in [7, 11) is 0. The van der Waals surface area contributed by atoms with Crippen LogP contribution in [0, 0.1) is 11.8 Å². The second-order valence-corrected chi connectivity index (χ2v) is 7.33. The van der Waals surface area contributed by atoms with E-state index in [2.05, 4.69) is 0 Å². The van der Waals surface area contributed by atoms with Gasteiger partial charge in [-0.2, -0.15) is 0 Å². The molecule has 3 aliphatic heterocycles. The lowest BCUT2D eigenvalue weighted by Crippen LogP contribution is -2.36. The van der Waals surface area contributed by atoms with Gasteiger partial charge in [-0.1, -0.05) is 6.92 Å². The van der Waals surface area contributed by atoms with Crippen molar-refractivity contribution in [1.29, 1.82) is 0 Å². The van der Waals surface area contributed by atoms with Crippen LogP contribution in [0.2, 0.25) is 0 Å². The first kappa shape index (κ1) is 13.0. The molecule has 5 heteroatoms. The monoisotopic (exact) mass is 282 g/mol. The first-order valence-electron chi connectivity index (χ1n) is 7.58. The lowest BCUT2D eigenvalue weighted by atomic mass is 9.79. The molecule has 1 aliphatic carbocycles. The number of hydrogen-bond donors (Lipinski definition) is 1. The summed E-state index contributed by atoms with van der Waals surface area (Å²) in [6.45, 7) is 5.94. The predicted molar refractivity (Wildman–Crippen MR) is 68.9 cm³/mol. The van der Waals surface area contributed by atoms with Gasteiger partial charge in [-0.15, -0.1) is 0 Å². The Kier molecular flexibility index (Phi) is 2.45. The summed E-state index contributed by atoms with van der Waals surface area (Å²) in [5.74, 6) is -0.0323. The highest BCUT2D eigenvalue weighted by molar-refractivity contribution is 5.74. The zero-order valence-electron chi connectivity index (χ0n) is 12.2. The van der Waals surface area contributed by atoms with Gasteiger partial charge in [-0.25, -0.2) is 0 Å². The van der Waals surface area contributed by atoms with Crippen molar-refractivity contribution in [2.24, 2.45) is 11.8 Å². The average Bonchev–Trinajstić information content (AvgIpc) is 3.18. The van der Waals surface area contributed by atoms with E-state index in [4.69, 9.17) is 14.2 Å². The Morgan fingerprint density at radius 3 is 2.70 bits per heavy atom. The van der Waals surface area contributed by atoms with E-state index in [1.165, 1.54) is 0 Å². The van der Waals surface area contributed by atoms with Crippen LogP contribution < -0.4 is 0 Å². The van der Waals surface area contributed by atoms with Gasteiger partial charge in [0.25, 0.3) is 0 Å². The molecule has 0 amide bonds. The molecule has 0 spiro atoms. The van der Waals surface area contributed by atoms with Gasteiger partial charge in [0.15, 0.2) is 0 Å². The molecule has 5 nitrogen and oxygen atoms in total. The summed E-state index contributed by atoms with van der Waals surface area (Å²) < 4.78 is 17.1. The van der Waals surface area contributed by atoms with Crippen molar-refractivity contribution in [2.75, 3.05) is 0 Å². The summed E-state index contributed by atoms with van der Waals surface area (Å²) in [6.07, 6.45) is 1.63. The van der Waals surface area contributed by atoms with Crippen molar-refractivity contribution in [2.45, 2.75) is 75.7 Å². The van der Waals surface area contributed by atoms with E-state index in [1.807, 2.05) is 20.8 Å². The fourth-order valence-electron chi connectivity index (χ4n) is 4.09. The van der Waals surface area contributed by atoms with E-state index in [1.54, 1.807) is 0 Å². The number of hydrogen-bond acceptors (Lipinski definition) is 5. The number of epoxide rings is 2. The lowest BCUT2D eigenvalue weighted by Gasteiger charge is -2.23. The van der Waals surface area contributed by atoms with Gasteiger partial charge in [0.1, 0.15) is 11.7 Å². The standard InChI is InChI=1S/C15H22O5/c1-7-8-4-12-15(3,20-12)10(16)5-11-14(2,19-11)6-9(8)18-13(7)17/h7-12,16H,4-6H2,1-3H3/t7?,8-,9-,10?,11?,12?,14+,15-/m1/s1. The molecule has 0 radical (unpaired) electrons. The maximum atomic E-state index is 11.9. The smallest absolute Gasteiger partial charge is 0.309 e. The zero-order chi connectivity index (χ0) is 14.3. The number of ether oxygens (including phenoxy) is 3. The van der Waals surface area contributed by atoms with Gasteiger partial charge in [0.2, 0.25) is 0 Å². The molecule has 4 rings (SSSR count). The van der Waals surface area contributed by atoms with Crippen molar-refractivity contribution in [1.82, 2.24) is 0 Å². The van der Waals surface area contributed by atoms with Crippen molar-refractivity contribution in [3.8, 4) is 0 Å². The van der Waals surface area contributed by atoms with Crippen molar-refractivity contribution in [3.05, 3.63) is 0 Å². The topological polar surface area (TPSA) is 71.6 Å². The number of rotatable bonds is 0. The fraction of sp³-hybridized carbons (Fsp3) is 0.933. The third-order valence-corrected chi connectivity index (χ3v) is 5.96. The quantitative estimate of drug-likeness (QED) is 0.530. The first-order valence-corrected chi connectivity index (χ1v) is 7.58. The molecule has 4 fully saturated rings. The van der Waals surface area contributed by atoms with E-state index in [0.717, 1.165) is 12.8 Å². The van der Waals surface area contributed by atoms with E-state index >= 15 is 0 Å². The highest BCUT2D eigenvalue weighted by Gasteiger charge is 2.65. The number of carbonyl (C=O) groups excluding carboxylic acids is 1. The maximum Gasteiger partial charge on any atom is 0.309 e. The first-order chi connectivity index (χ1) is 9.33. The average molecular weight is 282 g/mol. The molecule has 3 saturated heterocycles. The van der Waals surface area contributed by atoms with Gasteiger partial charge in [0, 0.05) is 18.8 Å². The Bertz CT molecular complexity index is 465. The molecule has 0 aromatic carbocycles. The minimum Gasteiger partial charge on any atom is -0.462 e. The van der Waals surface area contributed by atoms with E-state index in [0.29, 0.717) is 6.42 Å². The fourth-order valence-corrected chi connectivity index (χ4v) is 4.09. The van der Waals surface area contributed by atoms with Crippen LogP contribution >= 0.6 is 0 Å². The SMILES string of the molecule is CC1C(=O)O[C@@H]2C[C@]3(C)OC3CC(O)[C@@]3(C)OC3C[C@H]12. The number of carbonyl (C=O) groups is 1. The van der Waals surface area contributed by atoms with Gasteiger partial charge >= 0.3 is 5.97 Å². The minimum absolute atomic E-state index is 0.0325. The van der Waals surface area contributed by atoms with Crippen molar-refractivity contribution in [3.63, 3.8) is 0 Å². The van der Waals surface area contributed by atoms with Crippen LogP contribution in [-0.4, -0.2) is 46.7 Å².